The van der Waals surface area contributed by atoms with Gasteiger partial charge in [0.2, 0.25) is 0 Å². The van der Waals surface area contributed by atoms with Crippen LogP contribution in [0.2, 0.25) is 0 Å². The Balaban J connectivity index is 2.07. The van der Waals surface area contributed by atoms with Crippen LogP contribution in [0.15, 0.2) is 0 Å². The number of hydrogen-bond donors (Lipinski definition) is 0. The monoisotopic (exact) mass is 310 g/mol. The van der Waals surface area contributed by atoms with Gasteiger partial charge in [0.1, 0.15) is 11.4 Å². The van der Waals surface area contributed by atoms with Gasteiger partial charge in [-0.2, -0.15) is 5.10 Å². The summed E-state index contributed by atoms with van der Waals surface area (Å²) in [6.07, 6.45) is 4.77. The van der Waals surface area contributed by atoms with Gasteiger partial charge >= 0.3 is 5.69 Å². The lowest BCUT2D eigenvalue weighted by molar-refractivity contribution is -0.386. The van der Waals surface area contributed by atoms with E-state index in [0.29, 0.717) is 18.1 Å². The molecule has 7 nitrogen and oxygen atoms in total. The highest BCUT2D eigenvalue weighted by molar-refractivity contribution is 5.39. The number of nitro groups is 1. The normalized spacial score (nSPS) is 18.8. The second kappa shape index (κ2) is 7.69. The zero-order valence-electron chi connectivity index (χ0n) is 13.7. The molecule has 0 radical (unpaired) electrons. The van der Waals surface area contributed by atoms with Gasteiger partial charge in [-0.25, -0.2) is 4.68 Å². The van der Waals surface area contributed by atoms with Gasteiger partial charge in [-0.3, -0.25) is 15.0 Å². The van der Waals surface area contributed by atoms with Crippen molar-refractivity contribution in [2.45, 2.75) is 59.2 Å². The zero-order chi connectivity index (χ0) is 16.1. The Labute approximate surface area is 131 Å². The Morgan fingerprint density at radius 1 is 1.45 bits per heavy atom. The van der Waals surface area contributed by atoms with Crippen LogP contribution >= 0.6 is 0 Å². The molecule has 0 amide bonds. The third kappa shape index (κ3) is 4.04. The molecule has 1 atom stereocenters. The van der Waals surface area contributed by atoms with E-state index in [4.69, 9.17) is 4.74 Å². The number of rotatable bonds is 7. The van der Waals surface area contributed by atoms with Crippen molar-refractivity contribution in [1.82, 2.24) is 14.7 Å². The largest absolute Gasteiger partial charge is 0.377 e. The van der Waals surface area contributed by atoms with Crippen LogP contribution in [0.3, 0.4) is 0 Å². The molecule has 2 heterocycles. The minimum absolute atomic E-state index is 0.130. The fourth-order valence-electron chi connectivity index (χ4n) is 3.05. The molecule has 0 unspecified atom stereocenters. The van der Waals surface area contributed by atoms with Crippen LogP contribution in [0, 0.1) is 24.0 Å². The summed E-state index contributed by atoms with van der Waals surface area (Å²) in [5.74, 6) is 0. The van der Waals surface area contributed by atoms with E-state index in [1.165, 1.54) is 6.42 Å². The van der Waals surface area contributed by atoms with Gasteiger partial charge in [-0.1, -0.05) is 6.92 Å². The maximum absolute atomic E-state index is 11.1. The van der Waals surface area contributed by atoms with Gasteiger partial charge in [0.15, 0.2) is 0 Å². The van der Waals surface area contributed by atoms with E-state index in [2.05, 4.69) is 16.9 Å². The van der Waals surface area contributed by atoms with Gasteiger partial charge in [0, 0.05) is 13.2 Å². The molecule has 1 aliphatic heterocycles. The molecule has 2 rings (SSSR count). The third-order valence-corrected chi connectivity index (χ3v) is 4.14. The lowest BCUT2D eigenvalue weighted by Gasteiger charge is -2.29. The summed E-state index contributed by atoms with van der Waals surface area (Å²) in [5.41, 5.74) is 1.23. The first-order valence-corrected chi connectivity index (χ1v) is 8.05. The molecule has 0 aromatic carbocycles. The van der Waals surface area contributed by atoms with Gasteiger partial charge in [-0.05, 0) is 46.1 Å². The molecule has 22 heavy (non-hydrogen) atoms. The maximum Gasteiger partial charge on any atom is 0.312 e. The molecule has 124 valence electrons. The van der Waals surface area contributed by atoms with E-state index in [9.17, 15) is 10.1 Å². The molecule has 0 bridgehead atoms. The fraction of sp³-hybridized carbons (Fsp3) is 0.800. The quantitative estimate of drug-likeness (QED) is 0.572. The fourth-order valence-corrected chi connectivity index (χ4v) is 3.05. The highest BCUT2D eigenvalue weighted by Gasteiger charge is 2.24. The van der Waals surface area contributed by atoms with Crippen LogP contribution in [-0.4, -0.2) is 45.4 Å². The van der Waals surface area contributed by atoms with E-state index in [1.54, 1.807) is 18.5 Å². The van der Waals surface area contributed by atoms with Crippen LogP contribution in [0.5, 0.6) is 0 Å². The molecular formula is C15H26N4O3. The maximum atomic E-state index is 11.1. The van der Waals surface area contributed by atoms with Crippen LogP contribution < -0.4 is 0 Å². The Hall–Kier alpha value is -1.47. The predicted molar refractivity (Wildman–Crippen MR) is 83.8 cm³/mol. The minimum atomic E-state index is -0.345. The summed E-state index contributed by atoms with van der Waals surface area (Å²) in [6, 6.07) is 0. The zero-order valence-corrected chi connectivity index (χ0v) is 13.7. The summed E-state index contributed by atoms with van der Waals surface area (Å²) < 4.78 is 7.55. The number of aromatic nitrogens is 2. The summed E-state index contributed by atoms with van der Waals surface area (Å²) in [4.78, 5) is 13.0. The van der Waals surface area contributed by atoms with Gasteiger partial charge in [0.05, 0.1) is 17.7 Å². The third-order valence-electron chi connectivity index (χ3n) is 4.14. The predicted octanol–water partition coefficient (Wildman–Crippen LogP) is 2.65. The van der Waals surface area contributed by atoms with Gasteiger partial charge in [-0.15, -0.1) is 0 Å². The first-order valence-electron chi connectivity index (χ1n) is 8.05. The van der Waals surface area contributed by atoms with Crippen molar-refractivity contribution in [3.8, 4) is 0 Å². The lowest BCUT2D eigenvalue weighted by atomic mass is 10.1. The van der Waals surface area contributed by atoms with Crippen LogP contribution in [0.25, 0.3) is 0 Å². The van der Waals surface area contributed by atoms with Crippen LogP contribution in [0.4, 0.5) is 5.69 Å². The smallest absolute Gasteiger partial charge is 0.312 e. The molecule has 0 spiro atoms. The summed E-state index contributed by atoms with van der Waals surface area (Å²) in [5, 5.41) is 15.4. The van der Waals surface area contributed by atoms with Crippen molar-refractivity contribution in [1.29, 1.82) is 0 Å². The lowest BCUT2D eigenvalue weighted by Crippen LogP contribution is -2.37. The standard InChI is InChI=1S/C15H26N4O3/c1-4-8-17(10-14-7-5-6-9-22-14)11-18-13(3)15(19(20)21)12(2)16-18/h14H,4-11H2,1-3H3/t14-/m1/s1. The first kappa shape index (κ1) is 16.9. The van der Waals surface area contributed by atoms with Crippen molar-refractivity contribution in [3.63, 3.8) is 0 Å². The van der Waals surface area contributed by atoms with E-state index in [-0.39, 0.29) is 16.7 Å². The molecule has 1 aromatic rings. The summed E-state index contributed by atoms with van der Waals surface area (Å²) in [6.45, 7) is 8.81. The second-order valence-corrected chi connectivity index (χ2v) is 5.98. The van der Waals surface area contributed by atoms with Crippen molar-refractivity contribution in [2.24, 2.45) is 0 Å². The Kier molecular flexibility index (Phi) is 5.90. The number of ether oxygens (including phenoxy) is 1. The molecule has 1 saturated heterocycles. The Morgan fingerprint density at radius 2 is 2.23 bits per heavy atom. The van der Waals surface area contributed by atoms with Crippen molar-refractivity contribution in [2.75, 3.05) is 19.7 Å². The van der Waals surface area contributed by atoms with Gasteiger partial charge < -0.3 is 4.74 Å². The highest BCUT2D eigenvalue weighted by Crippen LogP contribution is 2.22. The average molecular weight is 310 g/mol. The number of aryl methyl sites for hydroxylation is 1. The molecule has 1 fully saturated rings. The van der Waals surface area contributed by atoms with Crippen LogP contribution in [0.1, 0.15) is 44.0 Å². The van der Waals surface area contributed by atoms with Crippen molar-refractivity contribution in [3.05, 3.63) is 21.5 Å². The van der Waals surface area contributed by atoms with Crippen molar-refractivity contribution < 1.29 is 9.66 Å². The first-order chi connectivity index (χ1) is 10.5. The highest BCUT2D eigenvalue weighted by atomic mass is 16.6. The molecule has 0 N–H and O–H groups in total. The SMILES string of the molecule is CCCN(C[C@H]1CCCCO1)Cn1nc(C)c([N+](=O)[O-])c1C. The molecule has 1 aliphatic rings. The molecule has 0 aliphatic carbocycles. The van der Waals surface area contributed by atoms with E-state index in [1.807, 2.05) is 0 Å². The second-order valence-electron chi connectivity index (χ2n) is 5.98. The molecule has 1 aromatic heterocycles. The number of hydrogen-bond acceptors (Lipinski definition) is 5. The Morgan fingerprint density at radius 3 is 2.77 bits per heavy atom. The minimum Gasteiger partial charge on any atom is -0.377 e. The summed E-state index contributed by atoms with van der Waals surface area (Å²) >= 11 is 0. The van der Waals surface area contributed by atoms with Gasteiger partial charge in [0.25, 0.3) is 0 Å². The molecular weight excluding hydrogens is 284 g/mol. The van der Waals surface area contributed by atoms with Crippen LogP contribution in [-0.2, 0) is 11.4 Å². The molecule has 0 saturated carbocycles. The summed E-state index contributed by atoms with van der Waals surface area (Å²) in [7, 11) is 0. The number of nitrogens with zero attached hydrogens (tertiary/aromatic N) is 4. The van der Waals surface area contributed by atoms with E-state index < -0.39 is 0 Å². The van der Waals surface area contributed by atoms with E-state index >= 15 is 0 Å². The average Bonchev–Trinajstić information content (AvgIpc) is 2.74. The molecule has 7 heteroatoms. The Bertz CT molecular complexity index is 509. The van der Waals surface area contributed by atoms with E-state index in [0.717, 1.165) is 39.0 Å². The van der Waals surface area contributed by atoms with Crippen molar-refractivity contribution >= 4 is 5.69 Å². The topological polar surface area (TPSA) is 73.4 Å².